The monoisotopic (exact) mass is 251 g/mol. The van der Waals surface area contributed by atoms with Crippen LogP contribution in [0.3, 0.4) is 0 Å². The molecule has 1 saturated carbocycles. The molecule has 2 aliphatic heterocycles. The van der Waals surface area contributed by atoms with Crippen molar-refractivity contribution >= 4 is 5.91 Å². The second kappa shape index (κ2) is 5.17. The van der Waals surface area contributed by atoms with Crippen LogP contribution in [0.4, 0.5) is 0 Å². The van der Waals surface area contributed by atoms with E-state index < -0.39 is 0 Å². The molecule has 1 N–H and O–H groups in total. The van der Waals surface area contributed by atoms with Crippen LogP contribution in [0.2, 0.25) is 0 Å². The Morgan fingerprint density at radius 3 is 2.83 bits per heavy atom. The van der Waals surface area contributed by atoms with Crippen LogP contribution < -0.4 is 5.32 Å². The van der Waals surface area contributed by atoms with E-state index in [1.54, 1.807) is 0 Å². The number of hydrogen-bond acceptors (Lipinski definition) is 3. The smallest absolute Gasteiger partial charge is 0.236 e. The Kier molecular flexibility index (Phi) is 3.57. The van der Waals surface area contributed by atoms with Gasteiger partial charge >= 0.3 is 0 Å². The van der Waals surface area contributed by atoms with Crippen LogP contribution >= 0.6 is 0 Å². The predicted octanol–water partition coefficient (Wildman–Crippen LogP) is 0.681. The molecule has 0 radical (unpaired) electrons. The van der Waals surface area contributed by atoms with Crippen LogP contribution in [-0.4, -0.2) is 61.0 Å². The summed E-state index contributed by atoms with van der Waals surface area (Å²) in [6.45, 7) is 3.73. The van der Waals surface area contributed by atoms with E-state index in [1.807, 2.05) is 0 Å². The number of nitrogens with zero attached hydrogens (tertiary/aromatic N) is 2. The molecule has 0 spiro atoms. The molecule has 0 aromatic rings. The molecule has 4 heteroatoms. The minimum atomic E-state index is 0.313. The largest absolute Gasteiger partial charge is 0.341 e. The summed E-state index contributed by atoms with van der Waals surface area (Å²) in [6, 6.07) is 1.35. The maximum Gasteiger partial charge on any atom is 0.236 e. The van der Waals surface area contributed by atoms with Gasteiger partial charge in [0.2, 0.25) is 5.91 Å². The van der Waals surface area contributed by atoms with Gasteiger partial charge in [0.25, 0.3) is 0 Å². The molecule has 3 rings (SSSR count). The van der Waals surface area contributed by atoms with Gasteiger partial charge in [-0.1, -0.05) is 0 Å². The van der Waals surface area contributed by atoms with Crippen molar-refractivity contribution in [3.8, 4) is 0 Å². The third-order valence-corrected chi connectivity index (χ3v) is 4.82. The topological polar surface area (TPSA) is 35.6 Å². The predicted molar refractivity (Wildman–Crippen MR) is 71.4 cm³/mol. The Balaban J connectivity index is 1.50. The summed E-state index contributed by atoms with van der Waals surface area (Å²) in [5, 5.41) is 3.33. The van der Waals surface area contributed by atoms with Crippen molar-refractivity contribution in [1.82, 2.24) is 15.1 Å². The molecular formula is C14H25N3O. The van der Waals surface area contributed by atoms with Gasteiger partial charge < -0.3 is 15.1 Å². The number of likely N-dealkylation sites (tertiary alicyclic amines) is 2. The van der Waals surface area contributed by atoms with Gasteiger partial charge in [-0.05, 0) is 51.6 Å². The fourth-order valence-electron chi connectivity index (χ4n) is 3.51. The van der Waals surface area contributed by atoms with E-state index in [2.05, 4.69) is 22.2 Å². The average molecular weight is 251 g/mol. The van der Waals surface area contributed by atoms with Crippen LogP contribution in [0.25, 0.3) is 0 Å². The highest BCUT2D eigenvalue weighted by atomic mass is 16.2. The van der Waals surface area contributed by atoms with Crippen molar-refractivity contribution in [3.63, 3.8) is 0 Å². The lowest BCUT2D eigenvalue weighted by Gasteiger charge is -2.46. The highest BCUT2D eigenvalue weighted by Crippen LogP contribution is 2.29. The lowest BCUT2D eigenvalue weighted by molar-refractivity contribution is -0.133. The molecule has 3 fully saturated rings. The molecule has 102 valence electrons. The fourth-order valence-corrected chi connectivity index (χ4v) is 3.51. The molecule has 2 atom stereocenters. The quantitative estimate of drug-likeness (QED) is 0.801. The molecule has 2 unspecified atom stereocenters. The van der Waals surface area contributed by atoms with Gasteiger partial charge in [-0.2, -0.15) is 0 Å². The first kappa shape index (κ1) is 12.4. The van der Waals surface area contributed by atoms with Crippen molar-refractivity contribution in [2.24, 2.45) is 5.92 Å². The van der Waals surface area contributed by atoms with Gasteiger partial charge in [0.15, 0.2) is 0 Å². The highest BCUT2D eigenvalue weighted by molar-refractivity contribution is 5.78. The Morgan fingerprint density at radius 1 is 1.22 bits per heavy atom. The van der Waals surface area contributed by atoms with E-state index in [4.69, 9.17) is 0 Å². The van der Waals surface area contributed by atoms with Gasteiger partial charge in [0.05, 0.1) is 6.54 Å². The van der Waals surface area contributed by atoms with Gasteiger partial charge in [0, 0.05) is 25.2 Å². The maximum atomic E-state index is 12.1. The average Bonchev–Trinajstić information content (AvgIpc) is 3.20. The lowest BCUT2D eigenvalue weighted by atomic mass is 9.84. The van der Waals surface area contributed by atoms with Crippen LogP contribution in [0, 0.1) is 5.92 Å². The second-order valence-electron chi connectivity index (χ2n) is 6.23. The number of rotatable bonds is 3. The van der Waals surface area contributed by atoms with Crippen LogP contribution in [0.1, 0.15) is 32.1 Å². The molecule has 1 aliphatic carbocycles. The number of carbonyl (C=O) groups is 1. The standard InChI is InChI=1S/C14H25N3O/c1-16-7-2-3-11-10-17(8-6-13(11)16)14(18)9-15-12-4-5-12/h11-13,15H,2-10H2,1H3. The maximum absolute atomic E-state index is 12.1. The first-order valence-electron chi connectivity index (χ1n) is 7.45. The third-order valence-electron chi connectivity index (χ3n) is 4.82. The van der Waals surface area contributed by atoms with E-state index >= 15 is 0 Å². The molecule has 2 saturated heterocycles. The molecular weight excluding hydrogens is 226 g/mol. The Morgan fingerprint density at radius 2 is 2.06 bits per heavy atom. The number of amides is 1. The Labute approximate surface area is 110 Å². The zero-order valence-corrected chi connectivity index (χ0v) is 11.4. The number of piperidine rings is 2. The Hall–Kier alpha value is -0.610. The summed E-state index contributed by atoms with van der Waals surface area (Å²) in [5.74, 6) is 1.02. The summed E-state index contributed by atoms with van der Waals surface area (Å²) in [7, 11) is 2.24. The van der Waals surface area contributed by atoms with Crippen molar-refractivity contribution in [3.05, 3.63) is 0 Å². The van der Waals surface area contributed by atoms with E-state index in [0.717, 1.165) is 25.6 Å². The van der Waals surface area contributed by atoms with E-state index in [0.29, 0.717) is 24.4 Å². The lowest BCUT2D eigenvalue weighted by Crippen LogP contribution is -2.55. The van der Waals surface area contributed by atoms with E-state index in [-0.39, 0.29) is 0 Å². The van der Waals surface area contributed by atoms with Gasteiger partial charge in [-0.15, -0.1) is 0 Å². The second-order valence-corrected chi connectivity index (χ2v) is 6.23. The number of hydrogen-bond donors (Lipinski definition) is 1. The summed E-state index contributed by atoms with van der Waals surface area (Å²) in [6.07, 6.45) is 6.26. The molecule has 3 aliphatic rings. The molecule has 2 heterocycles. The van der Waals surface area contributed by atoms with Crippen LogP contribution in [0.15, 0.2) is 0 Å². The number of carbonyl (C=O) groups excluding carboxylic acids is 1. The first-order valence-corrected chi connectivity index (χ1v) is 7.45. The minimum Gasteiger partial charge on any atom is -0.341 e. The first-order chi connectivity index (χ1) is 8.74. The van der Waals surface area contributed by atoms with Crippen LogP contribution in [0.5, 0.6) is 0 Å². The van der Waals surface area contributed by atoms with Gasteiger partial charge in [-0.3, -0.25) is 4.79 Å². The van der Waals surface area contributed by atoms with Crippen molar-refractivity contribution < 1.29 is 4.79 Å². The van der Waals surface area contributed by atoms with E-state index in [1.165, 1.54) is 32.2 Å². The molecule has 0 bridgehead atoms. The fraction of sp³-hybridized carbons (Fsp3) is 0.929. The number of nitrogens with one attached hydrogen (secondary N) is 1. The Bertz CT molecular complexity index is 316. The molecule has 0 aromatic heterocycles. The van der Waals surface area contributed by atoms with Crippen molar-refractivity contribution in [1.29, 1.82) is 0 Å². The summed E-state index contributed by atoms with van der Waals surface area (Å²) < 4.78 is 0. The normalized spacial score (nSPS) is 33.3. The summed E-state index contributed by atoms with van der Waals surface area (Å²) in [4.78, 5) is 16.7. The minimum absolute atomic E-state index is 0.313. The molecule has 18 heavy (non-hydrogen) atoms. The number of fused-ring (bicyclic) bond motifs is 1. The highest BCUT2D eigenvalue weighted by Gasteiger charge is 2.35. The van der Waals surface area contributed by atoms with E-state index in [9.17, 15) is 4.79 Å². The molecule has 1 amide bonds. The molecule has 0 aromatic carbocycles. The van der Waals surface area contributed by atoms with Gasteiger partial charge in [0.1, 0.15) is 0 Å². The zero-order chi connectivity index (χ0) is 12.5. The van der Waals surface area contributed by atoms with Crippen LogP contribution in [-0.2, 0) is 4.79 Å². The summed E-state index contributed by atoms with van der Waals surface area (Å²) >= 11 is 0. The van der Waals surface area contributed by atoms with Gasteiger partial charge in [-0.25, -0.2) is 0 Å². The van der Waals surface area contributed by atoms with Crippen molar-refractivity contribution in [2.75, 3.05) is 33.2 Å². The van der Waals surface area contributed by atoms with Crippen molar-refractivity contribution in [2.45, 2.75) is 44.2 Å². The molecule has 4 nitrogen and oxygen atoms in total. The summed E-state index contributed by atoms with van der Waals surface area (Å²) in [5.41, 5.74) is 0. The zero-order valence-electron chi connectivity index (χ0n) is 11.4. The third kappa shape index (κ3) is 2.69. The SMILES string of the molecule is CN1CCCC2CN(C(=O)CNC3CC3)CCC21.